The van der Waals surface area contributed by atoms with Crippen LogP contribution in [0.4, 0.5) is 24.7 Å². The summed E-state index contributed by atoms with van der Waals surface area (Å²) >= 11 is 18.4. The molecule has 0 bridgehead atoms. The quantitative estimate of drug-likeness (QED) is 0.274. The summed E-state index contributed by atoms with van der Waals surface area (Å²) in [6, 6.07) is 20.0. The van der Waals surface area contributed by atoms with Gasteiger partial charge in [0.05, 0.1) is 27.7 Å². The molecule has 0 aliphatic heterocycles. The van der Waals surface area contributed by atoms with Gasteiger partial charge in [-0.25, -0.2) is 9.98 Å². The molecule has 0 radical (unpaired) electrons. The molecule has 0 spiro atoms. The molecule has 9 heteroatoms. The summed E-state index contributed by atoms with van der Waals surface area (Å²) in [5.41, 5.74) is 8.18. The topological polar surface area (TPSA) is 51.3 Å². The summed E-state index contributed by atoms with van der Waals surface area (Å²) in [6.07, 6.45) is -4.46. The molecule has 0 atom stereocenters. The highest BCUT2D eigenvalue weighted by atomic mass is 35.5. The zero-order chi connectivity index (χ0) is 24.5. The Morgan fingerprint density at radius 3 is 2.18 bits per heavy atom. The molecule has 0 saturated heterocycles. The maximum Gasteiger partial charge on any atom is 0.416 e. The van der Waals surface area contributed by atoms with Gasteiger partial charge in [-0.1, -0.05) is 59.1 Å². The average Bonchev–Trinajstić information content (AvgIpc) is 2.79. The van der Waals surface area contributed by atoms with Gasteiger partial charge in [-0.05, 0) is 54.6 Å². The molecular formula is C25H15Cl3F3N3. The van der Waals surface area contributed by atoms with E-state index < -0.39 is 11.7 Å². The van der Waals surface area contributed by atoms with E-state index in [0.717, 1.165) is 12.1 Å². The fraction of sp³-hybridized carbons (Fsp3) is 0.0400. The van der Waals surface area contributed by atoms with E-state index in [0.29, 0.717) is 48.9 Å². The van der Waals surface area contributed by atoms with Gasteiger partial charge in [0.1, 0.15) is 5.82 Å². The molecule has 1 aromatic heterocycles. The van der Waals surface area contributed by atoms with Gasteiger partial charge in [-0.15, -0.1) is 0 Å². The summed E-state index contributed by atoms with van der Waals surface area (Å²) < 4.78 is 39.4. The van der Waals surface area contributed by atoms with Crippen molar-refractivity contribution >= 4 is 52.0 Å². The van der Waals surface area contributed by atoms with Crippen LogP contribution in [0.15, 0.2) is 83.9 Å². The first-order valence-electron chi connectivity index (χ1n) is 9.86. The number of pyridine rings is 1. The Labute approximate surface area is 208 Å². The van der Waals surface area contributed by atoms with E-state index >= 15 is 0 Å². The Morgan fingerprint density at radius 2 is 1.53 bits per heavy atom. The van der Waals surface area contributed by atoms with Crippen molar-refractivity contribution in [2.45, 2.75) is 6.18 Å². The van der Waals surface area contributed by atoms with Crippen LogP contribution in [0.5, 0.6) is 0 Å². The highest BCUT2D eigenvalue weighted by molar-refractivity contribution is 6.36. The third-order valence-electron chi connectivity index (χ3n) is 4.93. The third kappa shape index (κ3) is 5.36. The Morgan fingerprint density at radius 1 is 0.824 bits per heavy atom. The van der Waals surface area contributed by atoms with Crippen LogP contribution >= 0.6 is 34.8 Å². The summed E-state index contributed by atoms with van der Waals surface area (Å²) in [7, 11) is 0. The van der Waals surface area contributed by atoms with Gasteiger partial charge >= 0.3 is 6.18 Å². The van der Waals surface area contributed by atoms with Gasteiger partial charge in [0.15, 0.2) is 0 Å². The van der Waals surface area contributed by atoms with Gasteiger partial charge in [0.2, 0.25) is 0 Å². The molecular weight excluding hydrogens is 506 g/mol. The Kier molecular flexibility index (Phi) is 6.84. The van der Waals surface area contributed by atoms with E-state index in [4.69, 9.17) is 45.5 Å². The van der Waals surface area contributed by atoms with Gasteiger partial charge in [-0.2, -0.15) is 13.2 Å². The van der Waals surface area contributed by atoms with E-state index in [1.165, 1.54) is 6.07 Å². The number of nitrogens with zero attached hydrogens (tertiary/aromatic N) is 2. The number of alkyl halides is 3. The zero-order valence-corrected chi connectivity index (χ0v) is 19.5. The summed E-state index contributed by atoms with van der Waals surface area (Å²) in [5.74, 6) is 0.0914. The second-order valence-electron chi connectivity index (χ2n) is 7.27. The van der Waals surface area contributed by atoms with Crippen LogP contribution in [0.1, 0.15) is 16.7 Å². The van der Waals surface area contributed by atoms with Gasteiger partial charge < -0.3 is 5.73 Å². The molecule has 34 heavy (non-hydrogen) atoms. The average molecular weight is 521 g/mol. The molecule has 2 N–H and O–H groups in total. The lowest BCUT2D eigenvalue weighted by Crippen LogP contribution is -2.09. The number of aliphatic imine (C=N–C) groups is 1. The van der Waals surface area contributed by atoms with Crippen LogP contribution in [0, 0.1) is 0 Å². The Hall–Kier alpha value is -3.06. The number of benzene rings is 3. The first-order chi connectivity index (χ1) is 16.1. The number of halogens is 6. The Bertz CT molecular complexity index is 1380. The molecule has 3 aromatic carbocycles. The lowest BCUT2D eigenvalue weighted by molar-refractivity contribution is -0.137. The molecule has 4 aromatic rings. The van der Waals surface area contributed by atoms with Gasteiger partial charge in [-0.3, -0.25) is 0 Å². The first kappa shape index (κ1) is 24.1. The van der Waals surface area contributed by atoms with Crippen LogP contribution in [-0.4, -0.2) is 10.7 Å². The smallest absolute Gasteiger partial charge is 0.383 e. The van der Waals surface area contributed by atoms with Gasteiger partial charge in [0, 0.05) is 26.7 Å². The number of nitrogen functional groups attached to an aromatic ring is 1. The van der Waals surface area contributed by atoms with E-state index in [1.807, 2.05) is 0 Å². The minimum absolute atomic E-state index is 0.0914. The summed E-state index contributed by atoms with van der Waals surface area (Å²) in [5, 5.41) is 1.34. The lowest BCUT2D eigenvalue weighted by Gasteiger charge is -2.13. The maximum absolute atomic E-state index is 13.1. The normalized spacial score (nSPS) is 12.1. The van der Waals surface area contributed by atoms with Crippen molar-refractivity contribution in [1.29, 1.82) is 0 Å². The monoisotopic (exact) mass is 519 g/mol. The molecule has 0 aliphatic carbocycles. The molecule has 3 nitrogen and oxygen atoms in total. The molecule has 0 unspecified atom stereocenters. The molecule has 172 valence electrons. The van der Waals surface area contributed by atoms with Crippen LogP contribution in [0.3, 0.4) is 0 Å². The number of aromatic nitrogens is 1. The SMILES string of the molecule is Nc1nc(-c2cccc(C(F)(F)F)c2)ccc1C(=Nc1ccc(Cl)cc1Cl)c1ccc(Cl)cc1. The van der Waals surface area contributed by atoms with Crippen molar-refractivity contribution in [2.24, 2.45) is 4.99 Å². The molecule has 0 amide bonds. The zero-order valence-electron chi connectivity index (χ0n) is 17.2. The van der Waals surface area contributed by atoms with Crippen LogP contribution < -0.4 is 5.73 Å². The summed E-state index contributed by atoms with van der Waals surface area (Å²) in [4.78, 5) is 9.05. The number of hydrogen-bond acceptors (Lipinski definition) is 3. The van der Waals surface area contributed by atoms with E-state index in [1.54, 1.807) is 60.7 Å². The van der Waals surface area contributed by atoms with Crippen molar-refractivity contribution in [3.05, 3.63) is 111 Å². The second-order valence-corrected chi connectivity index (χ2v) is 8.55. The molecule has 4 rings (SSSR count). The third-order valence-corrected chi connectivity index (χ3v) is 5.71. The summed E-state index contributed by atoms with van der Waals surface area (Å²) in [6.45, 7) is 0. The molecule has 0 aliphatic rings. The highest BCUT2D eigenvalue weighted by Gasteiger charge is 2.30. The predicted molar refractivity (Wildman–Crippen MR) is 132 cm³/mol. The standard InChI is InChI=1S/C25H15Cl3F3N3/c26-17-6-4-14(5-7-17)23(33-22-10-8-18(27)13-20(22)28)19-9-11-21(34-24(19)32)15-2-1-3-16(12-15)25(29,30)31/h1-13H,(H2,32,34). The maximum atomic E-state index is 13.1. The number of rotatable bonds is 4. The fourth-order valence-electron chi connectivity index (χ4n) is 3.27. The lowest BCUT2D eigenvalue weighted by atomic mass is 10.0. The van der Waals surface area contributed by atoms with Crippen molar-refractivity contribution in [2.75, 3.05) is 5.73 Å². The van der Waals surface area contributed by atoms with Crippen molar-refractivity contribution in [3.63, 3.8) is 0 Å². The van der Waals surface area contributed by atoms with Crippen molar-refractivity contribution in [1.82, 2.24) is 4.98 Å². The number of anilines is 1. The van der Waals surface area contributed by atoms with Crippen molar-refractivity contribution < 1.29 is 13.2 Å². The minimum atomic E-state index is -4.46. The van der Waals surface area contributed by atoms with Crippen LogP contribution in [0.25, 0.3) is 11.3 Å². The van der Waals surface area contributed by atoms with E-state index in [-0.39, 0.29) is 5.82 Å². The number of hydrogen-bond donors (Lipinski definition) is 1. The second kappa shape index (κ2) is 9.66. The van der Waals surface area contributed by atoms with Crippen LogP contribution in [-0.2, 0) is 6.18 Å². The van der Waals surface area contributed by atoms with Gasteiger partial charge in [0.25, 0.3) is 0 Å². The molecule has 0 saturated carbocycles. The molecule has 1 heterocycles. The molecule has 0 fully saturated rings. The first-order valence-corrected chi connectivity index (χ1v) is 11.0. The highest BCUT2D eigenvalue weighted by Crippen LogP contribution is 2.33. The predicted octanol–water partition coefficient (Wildman–Crippen LogP) is 8.48. The Balaban J connectivity index is 1.83. The largest absolute Gasteiger partial charge is 0.416 e. The fourth-order valence-corrected chi connectivity index (χ4v) is 3.85. The number of nitrogens with two attached hydrogens (primary N) is 1. The minimum Gasteiger partial charge on any atom is -0.383 e. The van der Waals surface area contributed by atoms with Crippen LogP contribution in [0.2, 0.25) is 15.1 Å². The van der Waals surface area contributed by atoms with E-state index in [9.17, 15) is 13.2 Å². The van der Waals surface area contributed by atoms with E-state index in [2.05, 4.69) is 4.98 Å². The van der Waals surface area contributed by atoms with Crippen molar-refractivity contribution in [3.8, 4) is 11.3 Å².